The average molecular weight is 328 g/mol. The standard InChI is InChI=1S/C17H16N2O3S/c1-12-8-9-15(13(2)10-12)23(20,21)11-16-18-17(19-22-16)14-6-4-3-5-7-14/h3-10H,11H2,1-2H3. The molecule has 118 valence electrons. The smallest absolute Gasteiger partial charge is 0.242 e. The molecule has 3 aromatic rings. The summed E-state index contributed by atoms with van der Waals surface area (Å²) in [4.78, 5) is 4.48. The monoisotopic (exact) mass is 328 g/mol. The predicted octanol–water partition coefficient (Wildman–Crippen LogP) is 3.33. The van der Waals surface area contributed by atoms with Gasteiger partial charge in [-0.15, -0.1) is 0 Å². The van der Waals surface area contributed by atoms with Crippen molar-refractivity contribution in [2.24, 2.45) is 0 Å². The Hall–Kier alpha value is -2.47. The molecule has 0 saturated carbocycles. The third-order valence-electron chi connectivity index (χ3n) is 3.48. The van der Waals surface area contributed by atoms with Crippen LogP contribution in [0.4, 0.5) is 0 Å². The second-order valence-electron chi connectivity index (χ2n) is 5.41. The number of rotatable bonds is 4. The lowest BCUT2D eigenvalue weighted by atomic mass is 10.2. The Bertz CT molecular complexity index is 931. The third-order valence-corrected chi connectivity index (χ3v) is 5.23. The highest BCUT2D eigenvalue weighted by Crippen LogP contribution is 2.22. The quantitative estimate of drug-likeness (QED) is 0.734. The van der Waals surface area contributed by atoms with E-state index in [1.807, 2.05) is 43.3 Å². The van der Waals surface area contributed by atoms with Gasteiger partial charge >= 0.3 is 0 Å². The summed E-state index contributed by atoms with van der Waals surface area (Å²) in [5.74, 6) is 0.164. The van der Waals surface area contributed by atoms with Gasteiger partial charge in [-0.1, -0.05) is 53.2 Å². The highest BCUT2D eigenvalue weighted by molar-refractivity contribution is 7.90. The van der Waals surface area contributed by atoms with Crippen LogP contribution in [0.25, 0.3) is 11.4 Å². The minimum absolute atomic E-state index is 0.0869. The topological polar surface area (TPSA) is 73.1 Å². The van der Waals surface area contributed by atoms with Crippen molar-refractivity contribution >= 4 is 9.84 Å². The number of nitrogens with zero attached hydrogens (tertiary/aromatic N) is 2. The van der Waals surface area contributed by atoms with Crippen molar-refractivity contribution < 1.29 is 12.9 Å². The molecule has 0 spiro atoms. The molecule has 5 nitrogen and oxygen atoms in total. The van der Waals surface area contributed by atoms with Crippen molar-refractivity contribution in [3.63, 3.8) is 0 Å². The summed E-state index contributed by atoms with van der Waals surface area (Å²) in [7, 11) is -3.53. The van der Waals surface area contributed by atoms with Crippen LogP contribution < -0.4 is 0 Å². The van der Waals surface area contributed by atoms with E-state index in [1.165, 1.54) is 0 Å². The zero-order valence-corrected chi connectivity index (χ0v) is 13.7. The molecular formula is C17H16N2O3S. The van der Waals surface area contributed by atoms with Crippen LogP contribution in [0.2, 0.25) is 0 Å². The third kappa shape index (κ3) is 3.32. The van der Waals surface area contributed by atoms with Crippen molar-refractivity contribution in [1.82, 2.24) is 10.1 Å². The number of sulfone groups is 1. The van der Waals surface area contributed by atoms with Gasteiger partial charge < -0.3 is 4.52 Å². The van der Waals surface area contributed by atoms with Crippen molar-refractivity contribution in [3.8, 4) is 11.4 Å². The number of aryl methyl sites for hydroxylation is 2. The molecule has 0 aliphatic rings. The average Bonchev–Trinajstić information content (AvgIpc) is 2.95. The second-order valence-corrected chi connectivity index (χ2v) is 7.36. The first kappa shape index (κ1) is 15.4. The molecule has 23 heavy (non-hydrogen) atoms. The predicted molar refractivity (Wildman–Crippen MR) is 86.5 cm³/mol. The summed E-state index contributed by atoms with van der Waals surface area (Å²) in [6.07, 6.45) is 0. The van der Waals surface area contributed by atoms with Crippen LogP contribution in [0.5, 0.6) is 0 Å². The van der Waals surface area contributed by atoms with Crippen LogP contribution >= 0.6 is 0 Å². The second kappa shape index (κ2) is 5.96. The Kier molecular flexibility index (Phi) is 4.00. The molecule has 0 radical (unpaired) electrons. The molecule has 0 fully saturated rings. The lowest BCUT2D eigenvalue weighted by Gasteiger charge is -2.06. The van der Waals surface area contributed by atoms with Gasteiger partial charge in [0.2, 0.25) is 11.7 Å². The fourth-order valence-corrected chi connectivity index (χ4v) is 3.83. The van der Waals surface area contributed by atoms with Crippen molar-refractivity contribution in [2.75, 3.05) is 0 Å². The molecule has 0 saturated heterocycles. The molecule has 2 aromatic carbocycles. The zero-order chi connectivity index (χ0) is 16.4. The van der Waals surface area contributed by atoms with Gasteiger partial charge in [0, 0.05) is 5.56 Å². The molecule has 1 heterocycles. The Morgan fingerprint density at radius 3 is 2.48 bits per heavy atom. The van der Waals surface area contributed by atoms with Crippen LogP contribution in [0.1, 0.15) is 17.0 Å². The summed E-state index contributed by atoms with van der Waals surface area (Å²) in [6.45, 7) is 3.70. The normalized spacial score (nSPS) is 11.6. The van der Waals surface area contributed by atoms with Gasteiger partial charge in [-0.3, -0.25) is 0 Å². The first-order valence-corrected chi connectivity index (χ1v) is 8.79. The lowest BCUT2D eigenvalue weighted by molar-refractivity contribution is 0.389. The van der Waals surface area contributed by atoms with Gasteiger partial charge in [0.1, 0.15) is 5.75 Å². The van der Waals surface area contributed by atoms with Gasteiger partial charge in [-0.2, -0.15) is 4.98 Å². The van der Waals surface area contributed by atoms with E-state index in [2.05, 4.69) is 10.1 Å². The van der Waals surface area contributed by atoms with Crippen molar-refractivity contribution in [2.45, 2.75) is 24.5 Å². The molecule has 1 aromatic heterocycles. The van der Waals surface area contributed by atoms with Crippen molar-refractivity contribution in [3.05, 3.63) is 65.5 Å². The SMILES string of the molecule is Cc1ccc(S(=O)(=O)Cc2nc(-c3ccccc3)no2)c(C)c1. The molecular weight excluding hydrogens is 312 g/mol. The number of aromatic nitrogens is 2. The summed E-state index contributed by atoms with van der Waals surface area (Å²) in [5.41, 5.74) is 2.52. The molecule has 0 aliphatic carbocycles. The maximum absolute atomic E-state index is 12.6. The number of hydrogen-bond acceptors (Lipinski definition) is 5. The molecule has 3 rings (SSSR count). The van der Waals surface area contributed by atoms with E-state index in [0.717, 1.165) is 11.1 Å². The van der Waals surface area contributed by atoms with Gasteiger partial charge in [0.05, 0.1) is 4.90 Å². The van der Waals surface area contributed by atoms with Gasteiger partial charge in [0.15, 0.2) is 9.84 Å². The van der Waals surface area contributed by atoms with E-state index in [4.69, 9.17) is 4.52 Å². The molecule has 0 bridgehead atoms. The van der Waals surface area contributed by atoms with Crippen LogP contribution in [-0.2, 0) is 15.6 Å². The highest BCUT2D eigenvalue weighted by atomic mass is 32.2. The summed E-state index contributed by atoms with van der Waals surface area (Å²) >= 11 is 0. The van der Waals surface area contributed by atoms with Crippen LogP contribution in [0.3, 0.4) is 0 Å². The molecule has 6 heteroatoms. The van der Waals surface area contributed by atoms with E-state index in [1.54, 1.807) is 19.1 Å². The molecule has 0 amide bonds. The minimum atomic E-state index is -3.53. The first-order chi connectivity index (χ1) is 11.0. The first-order valence-electron chi connectivity index (χ1n) is 7.14. The van der Waals surface area contributed by atoms with Gasteiger partial charge in [-0.25, -0.2) is 8.42 Å². The Balaban J connectivity index is 1.88. The number of hydrogen-bond donors (Lipinski definition) is 0. The number of benzene rings is 2. The maximum Gasteiger partial charge on any atom is 0.242 e. The fraction of sp³-hybridized carbons (Fsp3) is 0.176. The van der Waals surface area contributed by atoms with E-state index < -0.39 is 9.84 Å². The molecule has 0 N–H and O–H groups in total. The Labute approximate surface area is 134 Å². The molecule has 0 aliphatic heterocycles. The van der Waals surface area contributed by atoms with Crippen LogP contribution in [0, 0.1) is 13.8 Å². The van der Waals surface area contributed by atoms with Gasteiger partial charge in [0.25, 0.3) is 0 Å². The highest BCUT2D eigenvalue weighted by Gasteiger charge is 2.22. The van der Waals surface area contributed by atoms with Crippen LogP contribution in [-0.4, -0.2) is 18.6 Å². The molecule has 0 atom stereocenters. The van der Waals surface area contributed by atoms with E-state index in [0.29, 0.717) is 16.3 Å². The summed E-state index contributed by atoms with van der Waals surface area (Å²) in [5, 5.41) is 3.85. The van der Waals surface area contributed by atoms with Crippen LogP contribution in [0.15, 0.2) is 57.9 Å². The Morgan fingerprint density at radius 2 is 1.78 bits per heavy atom. The maximum atomic E-state index is 12.6. The fourth-order valence-electron chi connectivity index (χ4n) is 2.41. The van der Waals surface area contributed by atoms with E-state index in [-0.39, 0.29) is 11.6 Å². The Morgan fingerprint density at radius 1 is 1.04 bits per heavy atom. The van der Waals surface area contributed by atoms with Crippen molar-refractivity contribution in [1.29, 1.82) is 0 Å². The largest absolute Gasteiger partial charge is 0.338 e. The zero-order valence-electron chi connectivity index (χ0n) is 12.9. The van der Waals surface area contributed by atoms with E-state index in [9.17, 15) is 8.42 Å². The van der Waals surface area contributed by atoms with Gasteiger partial charge in [-0.05, 0) is 25.5 Å². The minimum Gasteiger partial charge on any atom is -0.338 e. The summed E-state index contributed by atoms with van der Waals surface area (Å²) in [6, 6.07) is 14.5. The van der Waals surface area contributed by atoms with E-state index >= 15 is 0 Å². The lowest BCUT2D eigenvalue weighted by Crippen LogP contribution is -2.07. The summed E-state index contributed by atoms with van der Waals surface area (Å²) < 4.78 is 30.2. The molecule has 0 unspecified atom stereocenters.